The van der Waals surface area contributed by atoms with Crippen molar-refractivity contribution in [3.8, 4) is 0 Å². The van der Waals surface area contributed by atoms with Crippen LogP contribution in [0.1, 0.15) is 36.3 Å². The fraction of sp³-hybridized carbons (Fsp3) is 0.571. The van der Waals surface area contributed by atoms with Gasteiger partial charge in [0.1, 0.15) is 0 Å². The average Bonchev–Trinajstić information content (AvgIpc) is 3.03. The van der Waals surface area contributed by atoms with Crippen LogP contribution in [-0.2, 0) is 6.18 Å². The molecule has 1 saturated heterocycles. The van der Waals surface area contributed by atoms with Gasteiger partial charge in [-0.25, -0.2) is 0 Å². The Hall–Kier alpha value is -1.03. The number of nitrogens with one attached hydrogen (secondary N) is 1. The number of benzene rings is 1. The Bertz CT molecular complexity index is 429. The first-order valence-electron chi connectivity index (χ1n) is 6.39. The number of rotatable bonds is 1. The molecule has 2 fully saturated rings. The smallest absolute Gasteiger partial charge is 0.316 e. The Morgan fingerprint density at radius 3 is 2.44 bits per heavy atom. The summed E-state index contributed by atoms with van der Waals surface area (Å²) < 4.78 is 37.4. The summed E-state index contributed by atoms with van der Waals surface area (Å²) in [5, 5.41) is 3.39. The molecule has 4 heteroatoms. The highest BCUT2D eigenvalue weighted by Crippen LogP contribution is 2.62. The zero-order valence-electron chi connectivity index (χ0n) is 10.1. The second-order valence-electron chi connectivity index (χ2n) is 5.52. The summed E-state index contributed by atoms with van der Waals surface area (Å²) in [6.45, 7) is 2.08. The average molecular weight is 255 g/mol. The maximum atomic E-state index is 12.5. The van der Waals surface area contributed by atoms with E-state index in [1.807, 2.05) is 0 Å². The number of alkyl halides is 3. The zero-order valence-corrected chi connectivity index (χ0v) is 10.1. The van der Waals surface area contributed by atoms with E-state index < -0.39 is 11.7 Å². The van der Waals surface area contributed by atoms with Crippen LogP contribution in [-0.4, -0.2) is 13.1 Å². The minimum atomic E-state index is -4.23. The molecule has 1 aliphatic heterocycles. The molecular weight excluding hydrogens is 239 g/mol. The van der Waals surface area contributed by atoms with Crippen molar-refractivity contribution in [2.24, 2.45) is 5.41 Å². The van der Waals surface area contributed by atoms with Crippen molar-refractivity contribution in [2.75, 3.05) is 13.1 Å². The van der Waals surface area contributed by atoms with Crippen LogP contribution in [0.3, 0.4) is 0 Å². The lowest BCUT2D eigenvalue weighted by molar-refractivity contribution is -0.137. The van der Waals surface area contributed by atoms with E-state index >= 15 is 0 Å². The zero-order chi connectivity index (χ0) is 12.8. The first-order chi connectivity index (χ1) is 8.51. The van der Waals surface area contributed by atoms with Crippen molar-refractivity contribution >= 4 is 0 Å². The Morgan fingerprint density at radius 2 is 1.89 bits per heavy atom. The van der Waals surface area contributed by atoms with Crippen molar-refractivity contribution in [3.63, 3.8) is 0 Å². The predicted molar refractivity (Wildman–Crippen MR) is 63.3 cm³/mol. The lowest BCUT2D eigenvalue weighted by Crippen LogP contribution is -2.31. The third-order valence-electron chi connectivity index (χ3n) is 4.34. The highest BCUT2D eigenvalue weighted by atomic mass is 19.4. The summed E-state index contributed by atoms with van der Waals surface area (Å²) in [6.07, 6.45) is -0.736. The van der Waals surface area contributed by atoms with E-state index in [4.69, 9.17) is 0 Å². The van der Waals surface area contributed by atoms with Gasteiger partial charge in [0.25, 0.3) is 0 Å². The van der Waals surface area contributed by atoms with Crippen LogP contribution in [0, 0.1) is 5.41 Å². The molecule has 0 bridgehead atoms. The molecule has 1 N–H and O–H groups in total. The molecule has 1 nitrogen and oxygen atoms in total. The maximum absolute atomic E-state index is 12.5. The Balaban J connectivity index is 1.75. The molecule has 1 aliphatic carbocycles. The third-order valence-corrected chi connectivity index (χ3v) is 4.34. The van der Waals surface area contributed by atoms with E-state index in [0.29, 0.717) is 11.3 Å². The van der Waals surface area contributed by atoms with Crippen molar-refractivity contribution in [3.05, 3.63) is 35.4 Å². The van der Waals surface area contributed by atoms with Crippen molar-refractivity contribution in [1.82, 2.24) is 5.32 Å². The fourth-order valence-electron chi connectivity index (χ4n) is 3.19. The lowest BCUT2D eigenvalue weighted by atomic mass is 9.91. The van der Waals surface area contributed by atoms with Crippen molar-refractivity contribution < 1.29 is 13.2 Å². The molecule has 1 saturated carbocycles. The van der Waals surface area contributed by atoms with Gasteiger partial charge in [0, 0.05) is 6.54 Å². The molecule has 1 aromatic rings. The van der Waals surface area contributed by atoms with Gasteiger partial charge in [0.2, 0.25) is 0 Å². The first kappa shape index (κ1) is 12.0. The number of piperidine rings is 1. The Labute approximate surface area is 104 Å². The summed E-state index contributed by atoms with van der Waals surface area (Å²) in [5.74, 6) is 0.451. The molecular formula is C14H16F3N. The maximum Gasteiger partial charge on any atom is 0.416 e. The molecule has 1 heterocycles. The molecule has 0 aromatic heterocycles. The summed E-state index contributed by atoms with van der Waals surface area (Å²) >= 11 is 0. The minimum Gasteiger partial charge on any atom is -0.316 e. The second-order valence-corrected chi connectivity index (χ2v) is 5.52. The van der Waals surface area contributed by atoms with Crippen LogP contribution in [0.2, 0.25) is 0 Å². The molecule has 1 aromatic carbocycles. The van der Waals surface area contributed by atoms with Crippen molar-refractivity contribution in [1.29, 1.82) is 0 Å². The monoisotopic (exact) mass is 255 g/mol. The molecule has 3 rings (SSSR count). The van der Waals surface area contributed by atoms with Gasteiger partial charge >= 0.3 is 6.18 Å². The molecule has 0 amide bonds. The van der Waals surface area contributed by atoms with E-state index in [1.54, 1.807) is 12.1 Å². The van der Waals surface area contributed by atoms with Gasteiger partial charge in [-0.05, 0) is 54.8 Å². The van der Waals surface area contributed by atoms with Gasteiger partial charge in [-0.15, -0.1) is 0 Å². The SMILES string of the molecule is FC(F)(F)c1ccc(C2C[C@@]23CCCNC3)cc1. The van der Waals surface area contributed by atoms with Crippen LogP contribution < -0.4 is 5.32 Å². The van der Waals surface area contributed by atoms with Crippen LogP contribution in [0.5, 0.6) is 0 Å². The molecule has 2 aliphatic rings. The van der Waals surface area contributed by atoms with Gasteiger partial charge < -0.3 is 5.32 Å². The largest absolute Gasteiger partial charge is 0.416 e. The predicted octanol–water partition coefficient (Wildman–Crippen LogP) is 3.56. The van der Waals surface area contributed by atoms with Gasteiger partial charge in [-0.3, -0.25) is 0 Å². The normalized spacial score (nSPS) is 31.6. The van der Waals surface area contributed by atoms with E-state index in [2.05, 4.69) is 5.32 Å². The Kier molecular flexibility index (Phi) is 2.66. The van der Waals surface area contributed by atoms with Crippen LogP contribution in [0.15, 0.2) is 24.3 Å². The molecule has 1 spiro atoms. The third kappa shape index (κ3) is 2.03. The first-order valence-corrected chi connectivity index (χ1v) is 6.39. The van der Waals surface area contributed by atoms with E-state index in [0.717, 1.165) is 25.1 Å². The van der Waals surface area contributed by atoms with Gasteiger partial charge in [0.05, 0.1) is 5.56 Å². The number of halogens is 3. The van der Waals surface area contributed by atoms with Gasteiger partial charge in [-0.2, -0.15) is 13.2 Å². The topological polar surface area (TPSA) is 12.0 Å². The van der Waals surface area contributed by atoms with Crippen molar-refractivity contribution in [2.45, 2.75) is 31.4 Å². The highest BCUT2D eigenvalue weighted by molar-refractivity contribution is 5.34. The van der Waals surface area contributed by atoms with Gasteiger partial charge in [-0.1, -0.05) is 12.1 Å². The fourth-order valence-corrected chi connectivity index (χ4v) is 3.19. The summed E-state index contributed by atoms with van der Waals surface area (Å²) in [6, 6.07) is 5.71. The summed E-state index contributed by atoms with van der Waals surface area (Å²) in [4.78, 5) is 0. The van der Waals surface area contributed by atoms with Crippen LogP contribution >= 0.6 is 0 Å². The standard InChI is InChI=1S/C14H16F3N/c15-14(16,17)11-4-2-10(3-5-11)12-8-13(12)6-1-7-18-9-13/h2-5,12,18H,1,6-9H2/t12?,13-/m1/s1. The summed E-state index contributed by atoms with van der Waals surface area (Å²) in [5.41, 5.74) is 0.840. The summed E-state index contributed by atoms with van der Waals surface area (Å²) in [7, 11) is 0. The Morgan fingerprint density at radius 1 is 1.17 bits per heavy atom. The number of hydrogen-bond acceptors (Lipinski definition) is 1. The molecule has 18 heavy (non-hydrogen) atoms. The minimum absolute atomic E-state index is 0.331. The quantitative estimate of drug-likeness (QED) is 0.809. The van der Waals surface area contributed by atoms with E-state index in [9.17, 15) is 13.2 Å². The molecule has 0 radical (unpaired) electrons. The van der Waals surface area contributed by atoms with E-state index in [-0.39, 0.29) is 0 Å². The molecule has 2 atom stereocenters. The molecule has 98 valence electrons. The lowest BCUT2D eigenvalue weighted by Gasteiger charge is -2.23. The van der Waals surface area contributed by atoms with Crippen LogP contribution in [0.4, 0.5) is 13.2 Å². The highest BCUT2D eigenvalue weighted by Gasteiger charge is 2.54. The number of hydrogen-bond donors (Lipinski definition) is 1. The second kappa shape index (κ2) is 3.98. The van der Waals surface area contributed by atoms with Gasteiger partial charge in [0.15, 0.2) is 0 Å². The van der Waals surface area contributed by atoms with Crippen LogP contribution in [0.25, 0.3) is 0 Å². The van der Waals surface area contributed by atoms with E-state index in [1.165, 1.54) is 25.0 Å². The molecule has 1 unspecified atom stereocenters.